The lowest BCUT2D eigenvalue weighted by atomic mass is 10.1. The molecule has 114 valence electrons. The Bertz CT molecular complexity index is 508. The van der Waals surface area contributed by atoms with Gasteiger partial charge >= 0.3 is 0 Å². The molecule has 1 fully saturated rings. The molecule has 1 saturated heterocycles. The Labute approximate surface area is 126 Å². The maximum absolute atomic E-state index is 12.1. The van der Waals surface area contributed by atoms with Crippen molar-refractivity contribution in [3.8, 4) is 0 Å². The predicted molar refractivity (Wildman–Crippen MR) is 82.9 cm³/mol. The van der Waals surface area contributed by atoms with Crippen LogP contribution in [0.15, 0.2) is 24.3 Å². The molecule has 2 rings (SSSR count). The molecule has 1 atom stereocenters. The third-order valence-electron chi connectivity index (χ3n) is 4.12. The summed E-state index contributed by atoms with van der Waals surface area (Å²) in [5.74, 6) is 0.594. The van der Waals surface area contributed by atoms with E-state index >= 15 is 0 Å². The van der Waals surface area contributed by atoms with Gasteiger partial charge < -0.3 is 10.2 Å². The third-order valence-corrected chi connectivity index (χ3v) is 4.12. The second kappa shape index (κ2) is 6.74. The molecule has 1 heterocycles. The zero-order valence-electron chi connectivity index (χ0n) is 13.1. The van der Waals surface area contributed by atoms with Crippen LogP contribution in [0.3, 0.4) is 0 Å². The average molecular weight is 288 g/mol. The molecule has 1 aromatic rings. The Hall–Kier alpha value is -1.84. The molecule has 0 aromatic heterocycles. The summed E-state index contributed by atoms with van der Waals surface area (Å²) in [6.45, 7) is 7.66. The van der Waals surface area contributed by atoms with E-state index in [-0.39, 0.29) is 17.9 Å². The van der Waals surface area contributed by atoms with Crippen LogP contribution in [0, 0.1) is 5.92 Å². The lowest BCUT2D eigenvalue weighted by molar-refractivity contribution is -0.128. The highest BCUT2D eigenvalue weighted by molar-refractivity contribution is 5.94. The van der Waals surface area contributed by atoms with Gasteiger partial charge in [0, 0.05) is 31.1 Å². The van der Waals surface area contributed by atoms with Gasteiger partial charge in [-0.3, -0.25) is 9.59 Å². The maximum atomic E-state index is 12.1. The maximum Gasteiger partial charge on any atom is 0.251 e. The van der Waals surface area contributed by atoms with Gasteiger partial charge in [-0.2, -0.15) is 0 Å². The summed E-state index contributed by atoms with van der Waals surface area (Å²) in [5, 5.41) is 2.99. The molecule has 1 N–H and O–H groups in total. The van der Waals surface area contributed by atoms with E-state index in [1.54, 1.807) is 0 Å². The summed E-state index contributed by atoms with van der Waals surface area (Å²) in [7, 11) is 0. The summed E-state index contributed by atoms with van der Waals surface area (Å²) in [5.41, 5.74) is 1.73. The highest BCUT2D eigenvalue weighted by Crippen LogP contribution is 2.15. The topological polar surface area (TPSA) is 49.4 Å². The van der Waals surface area contributed by atoms with Crippen LogP contribution in [0.5, 0.6) is 0 Å². The quantitative estimate of drug-likeness (QED) is 0.905. The lowest BCUT2D eigenvalue weighted by Gasteiger charge is -2.18. The lowest BCUT2D eigenvalue weighted by Crippen LogP contribution is -2.36. The summed E-state index contributed by atoms with van der Waals surface area (Å²) >= 11 is 0. The van der Waals surface area contributed by atoms with Crippen LogP contribution in [-0.4, -0.2) is 29.3 Å². The molecule has 2 amide bonds. The molecule has 0 bridgehead atoms. The third kappa shape index (κ3) is 4.06. The van der Waals surface area contributed by atoms with Gasteiger partial charge in [-0.1, -0.05) is 26.0 Å². The van der Waals surface area contributed by atoms with Crippen LogP contribution in [0.2, 0.25) is 0 Å². The van der Waals surface area contributed by atoms with Gasteiger partial charge in [-0.15, -0.1) is 0 Å². The highest BCUT2D eigenvalue weighted by atomic mass is 16.2. The largest absolute Gasteiger partial charge is 0.349 e. The minimum absolute atomic E-state index is 0.0417. The number of hydrogen-bond acceptors (Lipinski definition) is 2. The number of carbonyl (C=O) groups excluding carboxylic acids is 2. The molecule has 1 aliphatic heterocycles. The molecule has 4 heteroatoms. The van der Waals surface area contributed by atoms with Crippen molar-refractivity contribution in [2.75, 3.05) is 6.54 Å². The van der Waals surface area contributed by atoms with Crippen molar-refractivity contribution in [2.45, 2.75) is 46.2 Å². The Kier molecular flexibility index (Phi) is 4.99. The first kappa shape index (κ1) is 15.5. The van der Waals surface area contributed by atoms with E-state index < -0.39 is 0 Å². The first-order valence-electron chi connectivity index (χ1n) is 7.65. The number of likely N-dealkylation sites (tertiary alicyclic amines) is 1. The number of carbonyl (C=O) groups is 2. The van der Waals surface area contributed by atoms with Crippen molar-refractivity contribution in [3.05, 3.63) is 35.4 Å². The van der Waals surface area contributed by atoms with Gasteiger partial charge in [0.2, 0.25) is 5.91 Å². The number of hydrogen-bond donors (Lipinski definition) is 1. The first-order valence-corrected chi connectivity index (χ1v) is 7.65. The molecule has 1 aromatic carbocycles. The van der Waals surface area contributed by atoms with Crippen molar-refractivity contribution in [2.24, 2.45) is 5.92 Å². The predicted octanol–water partition coefficient (Wildman–Crippen LogP) is 2.58. The summed E-state index contributed by atoms with van der Waals surface area (Å²) in [6.07, 6.45) is 1.61. The van der Waals surface area contributed by atoms with Gasteiger partial charge in [-0.05, 0) is 37.0 Å². The normalized spacial score (nSPS) is 16.4. The molecule has 0 spiro atoms. The van der Waals surface area contributed by atoms with Crippen LogP contribution in [-0.2, 0) is 11.3 Å². The minimum Gasteiger partial charge on any atom is -0.349 e. The van der Waals surface area contributed by atoms with Crippen molar-refractivity contribution in [1.29, 1.82) is 0 Å². The smallest absolute Gasteiger partial charge is 0.251 e. The molecule has 1 aliphatic rings. The summed E-state index contributed by atoms with van der Waals surface area (Å²) < 4.78 is 0. The van der Waals surface area contributed by atoms with Crippen LogP contribution in [0.1, 0.15) is 49.5 Å². The van der Waals surface area contributed by atoms with Crippen molar-refractivity contribution >= 4 is 11.8 Å². The van der Waals surface area contributed by atoms with Crippen LogP contribution < -0.4 is 5.32 Å². The molecular formula is C17H24N2O2. The van der Waals surface area contributed by atoms with E-state index in [0.717, 1.165) is 18.5 Å². The Balaban J connectivity index is 1.95. The van der Waals surface area contributed by atoms with Gasteiger partial charge in [0.15, 0.2) is 0 Å². The molecule has 21 heavy (non-hydrogen) atoms. The Morgan fingerprint density at radius 3 is 2.43 bits per heavy atom. The second-order valence-electron chi connectivity index (χ2n) is 6.12. The fourth-order valence-corrected chi connectivity index (χ4v) is 2.31. The summed E-state index contributed by atoms with van der Waals surface area (Å²) in [4.78, 5) is 25.6. The highest BCUT2D eigenvalue weighted by Gasteiger charge is 2.20. The molecule has 1 unspecified atom stereocenters. The number of rotatable bonds is 5. The monoisotopic (exact) mass is 288 g/mol. The van der Waals surface area contributed by atoms with E-state index in [9.17, 15) is 9.59 Å². The van der Waals surface area contributed by atoms with E-state index in [2.05, 4.69) is 19.2 Å². The fourth-order valence-electron chi connectivity index (χ4n) is 2.31. The van der Waals surface area contributed by atoms with Crippen molar-refractivity contribution < 1.29 is 9.59 Å². The molecule has 0 aliphatic carbocycles. The standard InChI is InChI=1S/C17H24N2O2/c1-12(2)13(3)18-17(21)15-8-6-14(7-9-15)11-19-10-4-5-16(19)20/h6-9,12-13H,4-5,10-11H2,1-3H3,(H,18,21). The number of nitrogens with one attached hydrogen (secondary N) is 1. The van der Waals surface area contributed by atoms with Crippen molar-refractivity contribution in [1.82, 2.24) is 10.2 Å². The molecular weight excluding hydrogens is 264 g/mol. The van der Waals surface area contributed by atoms with Crippen molar-refractivity contribution in [3.63, 3.8) is 0 Å². The zero-order valence-corrected chi connectivity index (χ0v) is 13.1. The summed E-state index contributed by atoms with van der Waals surface area (Å²) in [6, 6.07) is 7.68. The van der Waals surface area contributed by atoms with Gasteiger partial charge in [-0.25, -0.2) is 0 Å². The zero-order chi connectivity index (χ0) is 15.4. The fraction of sp³-hybridized carbons (Fsp3) is 0.529. The van der Waals surface area contributed by atoms with Gasteiger partial charge in [0.05, 0.1) is 0 Å². The van der Waals surface area contributed by atoms with Crippen LogP contribution in [0.25, 0.3) is 0 Å². The van der Waals surface area contributed by atoms with Gasteiger partial charge in [0.1, 0.15) is 0 Å². The number of benzene rings is 1. The van der Waals surface area contributed by atoms with E-state index in [1.807, 2.05) is 36.1 Å². The van der Waals surface area contributed by atoms with E-state index in [0.29, 0.717) is 24.4 Å². The Morgan fingerprint density at radius 1 is 1.24 bits per heavy atom. The molecule has 0 saturated carbocycles. The average Bonchev–Trinajstić information content (AvgIpc) is 2.85. The second-order valence-corrected chi connectivity index (χ2v) is 6.12. The van der Waals surface area contributed by atoms with E-state index in [4.69, 9.17) is 0 Å². The van der Waals surface area contributed by atoms with Crippen LogP contribution in [0.4, 0.5) is 0 Å². The molecule has 0 radical (unpaired) electrons. The van der Waals surface area contributed by atoms with Crippen LogP contribution >= 0.6 is 0 Å². The van der Waals surface area contributed by atoms with E-state index in [1.165, 1.54) is 0 Å². The first-order chi connectivity index (χ1) is 9.97. The number of nitrogens with zero attached hydrogens (tertiary/aromatic N) is 1. The van der Waals surface area contributed by atoms with Gasteiger partial charge in [0.25, 0.3) is 5.91 Å². The SMILES string of the molecule is CC(C)C(C)NC(=O)c1ccc(CN2CCCC2=O)cc1. The Morgan fingerprint density at radius 2 is 1.90 bits per heavy atom. The minimum atomic E-state index is -0.0417. The number of amides is 2. The molecule has 4 nitrogen and oxygen atoms in total.